The maximum Gasteiger partial charge on any atom is 0.421 e. The second-order valence-corrected chi connectivity index (χ2v) is 13.2. The number of benzene rings is 1. The molecule has 0 amide bonds. The van der Waals surface area contributed by atoms with Gasteiger partial charge in [-0.15, -0.1) is 0 Å². The topological polar surface area (TPSA) is 73.3 Å². The van der Waals surface area contributed by atoms with Crippen molar-refractivity contribution in [3.05, 3.63) is 53.0 Å². The molecule has 1 aromatic rings. The molecule has 1 N–H and O–H groups in total. The van der Waals surface area contributed by atoms with Crippen molar-refractivity contribution in [3.63, 3.8) is 0 Å². The van der Waals surface area contributed by atoms with Crippen molar-refractivity contribution in [2.75, 3.05) is 50.8 Å². The third kappa shape index (κ3) is 6.00. The Bertz CT molecular complexity index is 1210. The normalized spacial score (nSPS) is 25.2. The molecule has 210 valence electrons. The number of rotatable bonds is 6. The summed E-state index contributed by atoms with van der Waals surface area (Å²) < 4.78 is 74.4. The van der Waals surface area contributed by atoms with Crippen LogP contribution in [0.4, 0.5) is 18.9 Å². The van der Waals surface area contributed by atoms with E-state index in [0.29, 0.717) is 49.8 Å². The highest BCUT2D eigenvalue weighted by Crippen LogP contribution is 2.39. The molecule has 4 rings (SSSR count). The van der Waals surface area contributed by atoms with E-state index in [4.69, 9.17) is 17.0 Å². The van der Waals surface area contributed by atoms with E-state index in [0.717, 1.165) is 6.92 Å². The molecule has 0 aromatic heterocycles. The molecule has 0 saturated carbocycles. The quantitative estimate of drug-likeness (QED) is 0.522. The van der Waals surface area contributed by atoms with Gasteiger partial charge in [-0.2, -0.15) is 17.5 Å². The monoisotopic (exact) mass is 573 g/mol. The van der Waals surface area contributed by atoms with Gasteiger partial charge in [0.25, 0.3) is 0 Å². The number of hydrogen-bond donors (Lipinski definition) is 1. The van der Waals surface area contributed by atoms with Gasteiger partial charge >= 0.3 is 6.18 Å². The van der Waals surface area contributed by atoms with Gasteiger partial charge in [0.05, 0.1) is 23.2 Å². The molecule has 2 aliphatic heterocycles. The number of aliphatic hydroxyl groups is 1. The number of halogens is 3. The first-order valence-corrected chi connectivity index (χ1v) is 14.4. The molecule has 2 atom stereocenters. The Balaban J connectivity index is 1.61. The number of piperazine rings is 1. The number of thiocarbonyl (C=S) groups is 1. The van der Waals surface area contributed by atoms with E-state index < -0.39 is 21.8 Å². The number of alkyl halides is 3. The minimum atomic E-state index is -4.82. The molecule has 7 nitrogen and oxygen atoms in total. The van der Waals surface area contributed by atoms with Crippen LogP contribution in [0.1, 0.15) is 32.8 Å². The van der Waals surface area contributed by atoms with Crippen LogP contribution in [0.15, 0.2) is 47.4 Å². The summed E-state index contributed by atoms with van der Waals surface area (Å²) in [5, 5.41) is 10.1. The molecule has 0 radical (unpaired) electrons. The van der Waals surface area contributed by atoms with Gasteiger partial charge in [0, 0.05) is 56.2 Å². The zero-order valence-electron chi connectivity index (χ0n) is 21.7. The molecule has 12 heteroatoms. The lowest BCUT2D eigenvalue weighted by Crippen LogP contribution is -2.60. The van der Waals surface area contributed by atoms with Gasteiger partial charge in [-0.1, -0.05) is 36.5 Å². The van der Waals surface area contributed by atoms with Crippen LogP contribution in [-0.2, 0) is 20.4 Å². The number of nitrogens with zero attached hydrogens (tertiary/aromatic N) is 3. The van der Waals surface area contributed by atoms with Crippen LogP contribution in [-0.4, -0.2) is 91.3 Å². The van der Waals surface area contributed by atoms with Gasteiger partial charge in [-0.05, 0) is 44.5 Å². The van der Waals surface area contributed by atoms with E-state index in [1.807, 2.05) is 24.8 Å². The lowest BCUT2D eigenvalue weighted by Gasteiger charge is -2.46. The van der Waals surface area contributed by atoms with Crippen LogP contribution in [0.2, 0.25) is 0 Å². The first-order valence-electron chi connectivity index (χ1n) is 12.5. The van der Waals surface area contributed by atoms with Crippen molar-refractivity contribution < 1.29 is 31.4 Å². The van der Waals surface area contributed by atoms with Crippen LogP contribution >= 0.6 is 12.2 Å². The van der Waals surface area contributed by atoms with Crippen LogP contribution in [0.25, 0.3) is 0 Å². The molecule has 2 saturated heterocycles. The number of morpholine rings is 1. The maximum atomic E-state index is 13.5. The van der Waals surface area contributed by atoms with Gasteiger partial charge in [0.15, 0.2) is 5.60 Å². The highest BCUT2D eigenvalue weighted by atomic mass is 32.2. The molecule has 0 unspecified atom stereocenters. The van der Waals surface area contributed by atoms with E-state index in [1.165, 1.54) is 22.5 Å². The summed E-state index contributed by atoms with van der Waals surface area (Å²) in [6, 6.07) is 5.39. The number of ether oxygens (including phenoxy) is 1. The zero-order chi connectivity index (χ0) is 27.9. The highest BCUT2D eigenvalue weighted by Gasteiger charge is 2.51. The molecule has 38 heavy (non-hydrogen) atoms. The summed E-state index contributed by atoms with van der Waals surface area (Å²) in [5.74, 6) is 0. The second kappa shape index (κ2) is 10.6. The number of anilines is 1. The molecule has 2 fully saturated rings. The van der Waals surface area contributed by atoms with Gasteiger partial charge in [0.1, 0.15) is 0 Å². The molecule has 1 aromatic carbocycles. The maximum absolute atomic E-state index is 13.5. The van der Waals surface area contributed by atoms with Gasteiger partial charge < -0.3 is 14.7 Å². The number of sulfonamides is 1. The van der Waals surface area contributed by atoms with E-state index in [2.05, 4.69) is 4.90 Å². The average molecular weight is 574 g/mol. The van der Waals surface area contributed by atoms with Crippen LogP contribution in [0.3, 0.4) is 0 Å². The van der Waals surface area contributed by atoms with Crippen molar-refractivity contribution in [3.8, 4) is 0 Å². The fourth-order valence-corrected chi connectivity index (χ4v) is 7.21. The third-order valence-electron chi connectivity index (χ3n) is 7.31. The first kappa shape index (κ1) is 29.2. The van der Waals surface area contributed by atoms with Crippen molar-refractivity contribution in [1.82, 2.24) is 9.21 Å². The molecule has 3 aliphatic rings. The van der Waals surface area contributed by atoms with Crippen molar-refractivity contribution >= 4 is 32.8 Å². The van der Waals surface area contributed by atoms with E-state index in [1.54, 1.807) is 18.2 Å². The Kier molecular flexibility index (Phi) is 8.15. The second-order valence-electron chi connectivity index (χ2n) is 10.8. The molecule has 2 heterocycles. The predicted octanol–water partition coefficient (Wildman–Crippen LogP) is 3.60. The van der Waals surface area contributed by atoms with E-state index >= 15 is 0 Å². The smallest absolute Gasteiger partial charge is 0.376 e. The highest BCUT2D eigenvalue weighted by molar-refractivity contribution is 7.96. The van der Waals surface area contributed by atoms with Crippen LogP contribution in [0, 0.1) is 0 Å². The van der Waals surface area contributed by atoms with Gasteiger partial charge in [-0.3, -0.25) is 4.90 Å². The largest absolute Gasteiger partial charge is 0.421 e. The summed E-state index contributed by atoms with van der Waals surface area (Å²) in [7, 11) is -3.80. The van der Waals surface area contributed by atoms with Crippen LogP contribution < -0.4 is 4.90 Å². The van der Waals surface area contributed by atoms with E-state index in [9.17, 15) is 26.7 Å². The summed E-state index contributed by atoms with van der Waals surface area (Å²) >= 11 is 5.34. The first-order chi connectivity index (χ1) is 17.6. The molecular weight excluding hydrogens is 539 g/mol. The number of allylic oxidation sites excluding steroid dienone is 4. The molecular formula is C26H34F3N3O4S2. The van der Waals surface area contributed by atoms with Crippen molar-refractivity contribution in [2.45, 2.75) is 50.6 Å². The fraction of sp³-hybridized carbons (Fsp3) is 0.577. The fourth-order valence-electron chi connectivity index (χ4n) is 5.14. The average Bonchev–Trinajstić information content (AvgIpc) is 2.83. The predicted molar refractivity (Wildman–Crippen MR) is 145 cm³/mol. The Morgan fingerprint density at radius 3 is 2.45 bits per heavy atom. The third-order valence-corrected chi connectivity index (χ3v) is 9.78. The Morgan fingerprint density at radius 1 is 1.16 bits per heavy atom. The molecule has 0 spiro atoms. The van der Waals surface area contributed by atoms with Gasteiger partial charge in [-0.25, -0.2) is 8.42 Å². The molecule has 1 aliphatic carbocycles. The summed E-state index contributed by atoms with van der Waals surface area (Å²) in [4.78, 5) is 4.80. The van der Waals surface area contributed by atoms with Crippen molar-refractivity contribution in [1.29, 1.82) is 0 Å². The number of hydrogen-bond acceptors (Lipinski definition) is 7. The summed E-state index contributed by atoms with van der Waals surface area (Å²) in [6.45, 7) is 7.95. The Hall–Kier alpha value is -1.83. The standard InChI is InChI=1S/C26H34F3N3O4S2/c1-24(2)18-30(14-15-36-24)16-21-17-31(38(34,35)23-7-5-4-6-22(23)37)12-13-32(21)20-10-8-19(9-11-20)25(3,33)26(27,28)29/h4-5,7-11,21,33H,6,12-18H2,1-3H3/t21-,25+/m0/s1. The van der Waals surface area contributed by atoms with Gasteiger partial charge in [0.2, 0.25) is 10.0 Å². The SMILES string of the molecule is CC1(C)CN(C[C@H]2CN(S(=O)(=O)C3=CC=CCC3=S)CCN2c2ccc([C@@](C)(O)C(F)(F)F)cc2)CCO1. The minimum Gasteiger partial charge on any atom is -0.376 e. The molecule has 0 bridgehead atoms. The van der Waals surface area contributed by atoms with Crippen LogP contribution in [0.5, 0.6) is 0 Å². The Labute approximate surface area is 227 Å². The van der Waals surface area contributed by atoms with Crippen molar-refractivity contribution in [2.24, 2.45) is 0 Å². The minimum absolute atomic E-state index is 0.147. The lowest BCUT2D eigenvalue weighted by molar-refractivity contribution is -0.258. The lowest BCUT2D eigenvalue weighted by atomic mass is 9.95. The zero-order valence-corrected chi connectivity index (χ0v) is 23.4. The Morgan fingerprint density at radius 2 is 1.84 bits per heavy atom. The van der Waals surface area contributed by atoms with E-state index in [-0.39, 0.29) is 35.2 Å². The summed E-state index contributed by atoms with van der Waals surface area (Å²) in [5.41, 5.74) is -2.92. The summed E-state index contributed by atoms with van der Waals surface area (Å²) in [6.07, 6.45) is 0.647.